The van der Waals surface area contributed by atoms with E-state index in [0.717, 1.165) is 18.6 Å². The number of hydrogen-bond acceptors (Lipinski definition) is 2. The van der Waals surface area contributed by atoms with Crippen molar-refractivity contribution in [3.05, 3.63) is 72.3 Å². The summed E-state index contributed by atoms with van der Waals surface area (Å²) in [5, 5.41) is -2.45. The second-order valence-corrected chi connectivity index (χ2v) is 6.38. The molecule has 2 atom stereocenters. The van der Waals surface area contributed by atoms with Crippen LogP contribution in [-0.2, 0) is 15.6 Å². The van der Waals surface area contributed by atoms with Gasteiger partial charge in [-0.1, -0.05) is 54.6 Å². The molecule has 2 nitrogen and oxygen atoms in total. The van der Waals surface area contributed by atoms with E-state index in [1.165, 1.54) is 6.08 Å². The lowest BCUT2D eigenvalue weighted by Gasteiger charge is -2.16. The highest BCUT2D eigenvalue weighted by molar-refractivity contribution is 7.87. The highest BCUT2D eigenvalue weighted by atomic mass is 32.2. The van der Waals surface area contributed by atoms with Gasteiger partial charge in [0.2, 0.25) is 10.8 Å². The zero-order chi connectivity index (χ0) is 15.3. The van der Waals surface area contributed by atoms with Gasteiger partial charge in [-0.3, -0.25) is 9.00 Å². The summed E-state index contributed by atoms with van der Waals surface area (Å²) < 4.78 is 26.8. The van der Waals surface area contributed by atoms with Crippen LogP contribution >= 0.6 is 0 Å². The third-order valence-corrected chi connectivity index (χ3v) is 4.57. The molecule has 0 bridgehead atoms. The van der Waals surface area contributed by atoms with Crippen LogP contribution in [0.15, 0.2) is 71.6 Å². The van der Waals surface area contributed by atoms with Gasteiger partial charge in [0.15, 0.2) is 0 Å². The summed E-state index contributed by atoms with van der Waals surface area (Å²) in [6.45, 7) is 1.05. The molecule has 0 heterocycles. The summed E-state index contributed by atoms with van der Waals surface area (Å²) >= 11 is 0. The van der Waals surface area contributed by atoms with Gasteiger partial charge in [-0.05, 0) is 30.7 Å². The highest BCUT2D eigenvalue weighted by Crippen LogP contribution is 2.24. The summed E-state index contributed by atoms with van der Waals surface area (Å²) in [6, 6.07) is 17.2. The minimum absolute atomic E-state index is 0.295. The molecule has 108 valence electrons. The van der Waals surface area contributed by atoms with E-state index in [1.54, 1.807) is 42.5 Å². The average Bonchev–Trinajstić information content (AvgIpc) is 2.53. The van der Waals surface area contributed by atoms with E-state index in [9.17, 15) is 13.4 Å². The molecule has 2 unspecified atom stereocenters. The molecule has 0 aliphatic heterocycles. The first kappa shape index (κ1) is 15.3. The molecule has 4 heteroatoms. The van der Waals surface area contributed by atoms with Crippen molar-refractivity contribution in [2.45, 2.75) is 16.8 Å². The topological polar surface area (TPSA) is 34.1 Å². The van der Waals surface area contributed by atoms with Gasteiger partial charge in [0.1, 0.15) is 0 Å². The smallest absolute Gasteiger partial charge is 0.247 e. The fourth-order valence-electron chi connectivity index (χ4n) is 1.74. The molecule has 0 fully saturated rings. The summed E-state index contributed by atoms with van der Waals surface area (Å²) in [5.41, 5.74) is 0.784. The first-order valence-electron chi connectivity index (χ1n) is 6.45. The van der Waals surface area contributed by atoms with Crippen LogP contribution in [0.5, 0.6) is 0 Å². The number of alkyl halides is 1. The summed E-state index contributed by atoms with van der Waals surface area (Å²) in [7, 11) is -2.05. The maximum Gasteiger partial charge on any atom is 0.247 e. The number of hydrogen-bond donors (Lipinski definition) is 0. The zero-order valence-corrected chi connectivity index (χ0v) is 12.3. The van der Waals surface area contributed by atoms with Gasteiger partial charge in [-0.15, -0.1) is 0 Å². The van der Waals surface area contributed by atoms with E-state index in [0.29, 0.717) is 4.90 Å². The van der Waals surface area contributed by atoms with Gasteiger partial charge >= 0.3 is 0 Å². The molecule has 2 aromatic carbocycles. The van der Waals surface area contributed by atoms with Crippen LogP contribution < -0.4 is 0 Å². The number of carbonyl (C=O) groups is 1. The molecule has 0 saturated heterocycles. The third kappa shape index (κ3) is 3.73. The van der Waals surface area contributed by atoms with Gasteiger partial charge in [0.05, 0.1) is 10.8 Å². The lowest BCUT2D eigenvalue weighted by molar-refractivity contribution is -0.120. The van der Waals surface area contributed by atoms with E-state index in [2.05, 4.69) is 0 Å². The Hall–Kier alpha value is -2.07. The zero-order valence-electron chi connectivity index (χ0n) is 11.5. The second kappa shape index (κ2) is 6.59. The fraction of sp³-hybridized carbons (Fsp3) is 0.118. The van der Waals surface area contributed by atoms with Gasteiger partial charge in [-0.25, -0.2) is 4.39 Å². The Balaban J connectivity index is 2.17. The van der Waals surface area contributed by atoms with Gasteiger partial charge in [-0.2, -0.15) is 0 Å². The first-order valence-corrected chi connectivity index (χ1v) is 7.60. The molecule has 2 rings (SSSR count). The van der Waals surface area contributed by atoms with Crippen molar-refractivity contribution in [3.63, 3.8) is 0 Å². The molecular formula is C17H15FO2S. The third-order valence-electron chi connectivity index (χ3n) is 2.97. The molecule has 0 saturated carbocycles. The van der Waals surface area contributed by atoms with E-state index >= 15 is 0 Å². The Morgan fingerprint density at radius 2 is 1.57 bits per heavy atom. The normalized spacial score (nSPS) is 15.5. The number of ketones is 1. The quantitative estimate of drug-likeness (QED) is 0.788. The Kier molecular flexibility index (Phi) is 4.81. The van der Waals surface area contributed by atoms with E-state index in [-0.39, 0.29) is 0 Å². The van der Waals surface area contributed by atoms with Crippen LogP contribution in [0.2, 0.25) is 0 Å². The van der Waals surface area contributed by atoms with Gasteiger partial charge in [0, 0.05) is 4.90 Å². The largest absolute Gasteiger partial charge is 0.290 e. The SMILES string of the molecule is CC(F)(C(=O)C=Cc1ccccc1)S(=O)c1ccccc1. The molecule has 21 heavy (non-hydrogen) atoms. The summed E-state index contributed by atoms with van der Waals surface area (Å²) in [5.74, 6) is -0.812. The number of halogens is 1. The summed E-state index contributed by atoms with van der Waals surface area (Å²) in [4.78, 5) is 12.3. The molecule has 0 radical (unpaired) electrons. The van der Waals surface area contributed by atoms with E-state index in [1.807, 2.05) is 18.2 Å². The molecule has 0 aliphatic rings. The second-order valence-electron chi connectivity index (χ2n) is 4.61. The summed E-state index contributed by atoms with van der Waals surface area (Å²) in [6.07, 6.45) is 2.65. The van der Waals surface area contributed by atoms with Gasteiger partial charge in [0.25, 0.3) is 0 Å². The van der Waals surface area contributed by atoms with Gasteiger partial charge < -0.3 is 0 Å². The Morgan fingerprint density at radius 3 is 2.14 bits per heavy atom. The van der Waals surface area contributed by atoms with Crippen molar-refractivity contribution in [3.8, 4) is 0 Å². The monoisotopic (exact) mass is 302 g/mol. The Labute approximate surface area is 125 Å². The van der Waals surface area contributed by atoms with Crippen molar-refractivity contribution in [1.29, 1.82) is 0 Å². The Bertz CT molecular complexity index is 664. The van der Waals surface area contributed by atoms with Crippen LogP contribution in [0.25, 0.3) is 6.08 Å². The fourth-order valence-corrected chi connectivity index (χ4v) is 2.84. The van der Waals surface area contributed by atoms with Crippen LogP contribution in [0.4, 0.5) is 4.39 Å². The molecule has 0 aromatic heterocycles. The number of rotatable bonds is 5. The van der Waals surface area contributed by atoms with Crippen molar-refractivity contribution < 1.29 is 13.4 Å². The molecular weight excluding hydrogens is 287 g/mol. The maximum absolute atomic E-state index is 14.6. The average molecular weight is 302 g/mol. The predicted octanol–water partition coefficient (Wildman–Crippen LogP) is 3.76. The molecule has 0 spiro atoms. The Morgan fingerprint density at radius 1 is 1.05 bits per heavy atom. The number of allylic oxidation sites excluding steroid dienone is 1. The van der Waals surface area contributed by atoms with Crippen LogP contribution in [0, 0.1) is 0 Å². The lowest BCUT2D eigenvalue weighted by atomic mass is 10.1. The van der Waals surface area contributed by atoms with Crippen molar-refractivity contribution >= 4 is 22.7 Å². The van der Waals surface area contributed by atoms with Crippen LogP contribution in [0.1, 0.15) is 12.5 Å². The predicted molar refractivity (Wildman–Crippen MR) is 82.8 cm³/mol. The van der Waals surface area contributed by atoms with Crippen LogP contribution in [0.3, 0.4) is 0 Å². The van der Waals surface area contributed by atoms with E-state index < -0.39 is 21.6 Å². The molecule has 0 aliphatic carbocycles. The van der Waals surface area contributed by atoms with Crippen molar-refractivity contribution in [2.75, 3.05) is 0 Å². The van der Waals surface area contributed by atoms with Crippen molar-refractivity contribution in [1.82, 2.24) is 0 Å². The van der Waals surface area contributed by atoms with E-state index in [4.69, 9.17) is 0 Å². The minimum Gasteiger partial charge on any atom is -0.290 e. The minimum atomic E-state index is -2.45. The lowest BCUT2D eigenvalue weighted by Crippen LogP contribution is -2.33. The molecule has 0 N–H and O–H groups in total. The van der Waals surface area contributed by atoms with Crippen LogP contribution in [-0.4, -0.2) is 15.0 Å². The standard InChI is InChI=1S/C17H15FO2S/c1-17(18,21(20)15-10-6-3-7-11-15)16(19)13-12-14-8-4-2-5-9-14/h2-13H,1H3. The molecule has 0 amide bonds. The molecule has 2 aromatic rings. The number of benzene rings is 2. The first-order chi connectivity index (χ1) is 10.0. The number of carbonyl (C=O) groups excluding carboxylic acids is 1. The maximum atomic E-state index is 14.6. The van der Waals surface area contributed by atoms with Crippen molar-refractivity contribution in [2.24, 2.45) is 0 Å². The highest BCUT2D eigenvalue weighted by Gasteiger charge is 2.38.